The standard InChI is InChI=1S/C19H31N/c1-5-18-11-12-19(16(18)4)20-15(3)9-10-17-8-6-7-14(2)13-17/h6-8,13,15-16,18-20H,5,9-12H2,1-4H3. The van der Waals surface area contributed by atoms with E-state index in [1.807, 2.05) is 0 Å². The molecule has 1 aliphatic rings. The quantitative estimate of drug-likeness (QED) is 0.790. The molecule has 0 bridgehead atoms. The van der Waals surface area contributed by atoms with E-state index in [2.05, 4.69) is 57.3 Å². The number of nitrogens with one attached hydrogen (secondary N) is 1. The normalized spacial score (nSPS) is 27.7. The first-order chi connectivity index (χ1) is 9.60. The molecule has 1 saturated carbocycles. The predicted molar refractivity (Wildman–Crippen MR) is 88.1 cm³/mol. The van der Waals surface area contributed by atoms with E-state index in [9.17, 15) is 0 Å². The molecule has 112 valence electrons. The summed E-state index contributed by atoms with van der Waals surface area (Å²) < 4.78 is 0. The Morgan fingerprint density at radius 2 is 2.10 bits per heavy atom. The third-order valence-electron chi connectivity index (χ3n) is 5.20. The summed E-state index contributed by atoms with van der Waals surface area (Å²) in [4.78, 5) is 0. The third kappa shape index (κ3) is 4.09. The molecule has 0 amide bonds. The van der Waals surface area contributed by atoms with E-state index in [-0.39, 0.29) is 0 Å². The van der Waals surface area contributed by atoms with Crippen LogP contribution in [-0.4, -0.2) is 12.1 Å². The van der Waals surface area contributed by atoms with Crippen LogP contribution in [0, 0.1) is 18.8 Å². The van der Waals surface area contributed by atoms with Crippen LogP contribution in [0.15, 0.2) is 24.3 Å². The van der Waals surface area contributed by atoms with Crippen molar-refractivity contribution < 1.29 is 0 Å². The summed E-state index contributed by atoms with van der Waals surface area (Å²) >= 11 is 0. The van der Waals surface area contributed by atoms with E-state index in [1.165, 1.54) is 43.2 Å². The van der Waals surface area contributed by atoms with Gasteiger partial charge in [-0.2, -0.15) is 0 Å². The Labute approximate surface area is 125 Å². The molecule has 4 atom stereocenters. The van der Waals surface area contributed by atoms with Crippen LogP contribution < -0.4 is 5.32 Å². The van der Waals surface area contributed by atoms with Gasteiger partial charge in [0.2, 0.25) is 0 Å². The molecule has 0 aliphatic heterocycles. The molecule has 0 radical (unpaired) electrons. The second kappa shape index (κ2) is 7.26. The molecule has 1 aromatic rings. The highest BCUT2D eigenvalue weighted by Gasteiger charge is 2.31. The Hall–Kier alpha value is -0.820. The Bertz CT molecular complexity index is 412. The molecule has 1 heteroatoms. The van der Waals surface area contributed by atoms with Crippen LogP contribution in [0.1, 0.15) is 57.6 Å². The summed E-state index contributed by atoms with van der Waals surface area (Å²) in [6, 6.07) is 10.3. The zero-order valence-electron chi connectivity index (χ0n) is 13.7. The molecule has 0 spiro atoms. The van der Waals surface area contributed by atoms with Gasteiger partial charge in [0.1, 0.15) is 0 Å². The van der Waals surface area contributed by atoms with Crippen molar-refractivity contribution in [1.29, 1.82) is 0 Å². The van der Waals surface area contributed by atoms with Crippen LogP contribution in [0.25, 0.3) is 0 Å². The minimum atomic E-state index is 0.624. The fourth-order valence-corrected chi connectivity index (χ4v) is 3.76. The molecule has 0 saturated heterocycles. The van der Waals surface area contributed by atoms with Gasteiger partial charge in [-0.25, -0.2) is 0 Å². The van der Waals surface area contributed by atoms with Gasteiger partial charge in [-0.05, 0) is 56.9 Å². The molecule has 1 N–H and O–H groups in total. The number of aryl methyl sites for hydroxylation is 2. The van der Waals surface area contributed by atoms with Gasteiger partial charge in [-0.1, -0.05) is 50.1 Å². The molecule has 1 aliphatic carbocycles. The van der Waals surface area contributed by atoms with E-state index in [0.29, 0.717) is 6.04 Å². The fourth-order valence-electron chi connectivity index (χ4n) is 3.76. The molecule has 1 fully saturated rings. The lowest BCUT2D eigenvalue weighted by Crippen LogP contribution is -2.39. The number of benzene rings is 1. The minimum Gasteiger partial charge on any atom is -0.311 e. The van der Waals surface area contributed by atoms with E-state index in [1.54, 1.807) is 0 Å². The summed E-state index contributed by atoms with van der Waals surface area (Å²) in [7, 11) is 0. The first kappa shape index (κ1) is 15.6. The van der Waals surface area contributed by atoms with E-state index in [4.69, 9.17) is 0 Å². The Morgan fingerprint density at radius 1 is 1.30 bits per heavy atom. The van der Waals surface area contributed by atoms with Crippen molar-refractivity contribution in [2.24, 2.45) is 11.8 Å². The zero-order valence-corrected chi connectivity index (χ0v) is 13.7. The Kier molecular flexibility index (Phi) is 5.65. The maximum absolute atomic E-state index is 3.88. The zero-order chi connectivity index (χ0) is 14.5. The lowest BCUT2D eigenvalue weighted by atomic mass is 9.93. The lowest BCUT2D eigenvalue weighted by Gasteiger charge is -2.25. The highest BCUT2D eigenvalue weighted by atomic mass is 15.0. The van der Waals surface area contributed by atoms with Crippen molar-refractivity contribution in [3.63, 3.8) is 0 Å². The number of hydrogen-bond donors (Lipinski definition) is 1. The molecular formula is C19H31N. The van der Waals surface area contributed by atoms with Gasteiger partial charge in [0.25, 0.3) is 0 Å². The average Bonchev–Trinajstić information content (AvgIpc) is 2.77. The first-order valence-corrected chi connectivity index (χ1v) is 8.41. The second-order valence-corrected chi connectivity index (χ2v) is 6.81. The SMILES string of the molecule is CCC1CCC(NC(C)CCc2cccc(C)c2)C1C. The van der Waals surface area contributed by atoms with Crippen molar-refractivity contribution in [2.75, 3.05) is 0 Å². The highest BCUT2D eigenvalue weighted by molar-refractivity contribution is 5.22. The van der Waals surface area contributed by atoms with Crippen LogP contribution in [0.2, 0.25) is 0 Å². The van der Waals surface area contributed by atoms with Gasteiger partial charge in [0, 0.05) is 12.1 Å². The Morgan fingerprint density at radius 3 is 2.75 bits per heavy atom. The van der Waals surface area contributed by atoms with E-state index >= 15 is 0 Å². The molecule has 0 aromatic heterocycles. The van der Waals surface area contributed by atoms with Crippen LogP contribution in [0.4, 0.5) is 0 Å². The van der Waals surface area contributed by atoms with E-state index < -0.39 is 0 Å². The molecule has 1 aromatic carbocycles. The summed E-state index contributed by atoms with van der Waals surface area (Å²) in [5, 5.41) is 3.88. The first-order valence-electron chi connectivity index (χ1n) is 8.41. The van der Waals surface area contributed by atoms with Gasteiger partial charge >= 0.3 is 0 Å². The summed E-state index contributed by atoms with van der Waals surface area (Å²) in [5.41, 5.74) is 2.85. The van der Waals surface area contributed by atoms with Gasteiger partial charge in [0.05, 0.1) is 0 Å². The maximum Gasteiger partial charge on any atom is 0.00979 e. The molecular weight excluding hydrogens is 242 g/mol. The molecule has 4 unspecified atom stereocenters. The second-order valence-electron chi connectivity index (χ2n) is 6.81. The van der Waals surface area contributed by atoms with Crippen LogP contribution in [-0.2, 0) is 6.42 Å². The molecule has 20 heavy (non-hydrogen) atoms. The average molecular weight is 273 g/mol. The van der Waals surface area contributed by atoms with Crippen molar-refractivity contribution in [1.82, 2.24) is 5.32 Å². The maximum atomic E-state index is 3.88. The molecule has 1 nitrogen and oxygen atoms in total. The van der Waals surface area contributed by atoms with Crippen LogP contribution >= 0.6 is 0 Å². The lowest BCUT2D eigenvalue weighted by molar-refractivity contribution is 0.320. The number of hydrogen-bond acceptors (Lipinski definition) is 1. The fraction of sp³-hybridized carbons (Fsp3) is 0.684. The summed E-state index contributed by atoms with van der Waals surface area (Å²) in [5.74, 6) is 1.79. The van der Waals surface area contributed by atoms with Gasteiger partial charge in [-0.3, -0.25) is 0 Å². The van der Waals surface area contributed by atoms with Crippen LogP contribution in [0.5, 0.6) is 0 Å². The van der Waals surface area contributed by atoms with Crippen LogP contribution in [0.3, 0.4) is 0 Å². The highest BCUT2D eigenvalue weighted by Crippen LogP contribution is 2.34. The molecule has 0 heterocycles. The number of rotatable bonds is 6. The topological polar surface area (TPSA) is 12.0 Å². The van der Waals surface area contributed by atoms with Crippen molar-refractivity contribution in [2.45, 2.75) is 71.9 Å². The smallest absolute Gasteiger partial charge is 0.00979 e. The largest absolute Gasteiger partial charge is 0.311 e. The predicted octanol–water partition coefficient (Wildman–Crippen LogP) is 4.73. The van der Waals surface area contributed by atoms with Crippen molar-refractivity contribution in [3.8, 4) is 0 Å². The van der Waals surface area contributed by atoms with Gasteiger partial charge in [-0.15, -0.1) is 0 Å². The molecule has 2 rings (SSSR count). The summed E-state index contributed by atoms with van der Waals surface area (Å²) in [6.07, 6.45) is 6.56. The van der Waals surface area contributed by atoms with E-state index in [0.717, 1.165) is 17.9 Å². The van der Waals surface area contributed by atoms with Crippen molar-refractivity contribution >= 4 is 0 Å². The Balaban J connectivity index is 1.77. The monoisotopic (exact) mass is 273 g/mol. The summed E-state index contributed by atoms with van der Waals surface area (Å²) in [6.45, 7) is 9.30. The van der Waals surface area contributed by atoms with Crippen molar-refractivity contribution in [3.05, 3.63) is 35.4 Å². The third-order valence-corrected chi connectivity index (χ3v) is 5.20. The van der Waals surface area contributed by atoms with Gasteiger partial charge < -0.3 is 5.32 Å². The van der Waals surface area contributed by atoms with Gasteiger partial charge in [0.15, 0.2) is 0 Å². The minimum absolute atomic E-state index is 0.624.